The fourth-order valence-electron chi connectivity index (χ4n) is 3.16. The zero-order valence-electron chi connectivity index (χ0n) is 16.9. The van der Waals surface area contributed by atoms with E-state index in [0.29, 0.717) is 23.4 Å². The van der Waals surface area contributed by atoms with Crippen molar-refractivity contribution in [1.29, 1.82) is 0 Å². The number of hydrogen-bond acceptors (Lipinski definition) is 4. The quantitative estimate of drug-likeness (QED) is 0.577. The van der Waals surface area contributed by atoms with Crippen LogP contribution >= 0.6 is 0 Å². The van der Waals surface area contributed by atoms with Crippen LogP contribution < -0.4 is 4.90 Å². The lowest BCUT2D eigenvalue weighted by Gasteiger charge is -2.22. The molecule has 0 spiro atoms. The van der Waals surface area contributed by atoms with Gasteiger partial charge in [-0.2, -0.15) is 13.2 Å². The van der Waals surface area contributed by atoms with Crippen LogP contribution in [0.4, 0.5) is 18.9 Å². The average Bonchev–Trinajstić information content (AvgIpc) is 2.71. The fraction of sp³-hybridized carbons (Fsp3) is 0.182. The molecule has 2 aromatic carbocycles. The molecule has 0 atom stereocenters. The second-order valence-electron chi connectivity index (χ2n) is 7.09. The summed E-state index contributed by atoms with van der Waals surface area (Å²) in [6, 6.07) is 11.3. The maximum absolute atomic E-state index is 13.3. The third-order valence-corrected chi connectivity index (χ3v) is 5.90. The lowest BCUT2D eigenvalue weighted by atomic mass is 9.99. The third-order valence-electron chi connectivity index (χ3n) is 4.81. The van der Waals surface area contributed by atoms with Crippen molar-refractivity contribution in [2.24, 2.45) is 0 Å². The van der Waals surface area contributed by atoms with Gasteiger partial charge in [-0.25, -0.2) is 8.42 Å². The van der Waals surface area contributed by atoms with E-state index in [2.05, 4.69) is 4.98 Å². The van der Waals surface area contributed by atoms with Crippen molar-refractivity contribution in [3.05, 3.63) is 77.6 Å². The number of aromatic nitrogens is 1. The van der Waals surface area contributed by atoms with Gasteiger partial charge in [0.05, 0.1) is 22.3 Å². The van der Waals surface area contributed by atoms with Gasteiger partial charge in [0.15, 0.2) is 9.84 Å². The maximum Gasteiger partial charge on any atom is 0.416 e. The Hall–Kier alpha value is -3.20. The van der Waals surface area contributed by atoms with Gasteiger partial charge in [0.2, 0.25) is 0 Å². The van der Waals surface area contributed by atoms with Gasteiger partial charge in [0.25, 0.3) is 5.91 Å². The van der Waals surface area contributed by atoms with Crippen molar-refractivity contribution in [2.75, 3.05) is 18.2 Å². The number of nitrogens with zero attached hydrogens (tertiary/aromatic N) is 2. The molecule has 0 radical (unpaired) electrons. The summed E-state index contributed by atoms with van der Waals surface area (Å²) in [5.41, 5.74) is 1.21. The van der Waals surface area contributed by atoms with Crippen molar-refractivity contribution in [3.63, 3.8) is 0 Å². The Morgan fingerprint density at radius 3 is 2.32 bits per heavy atom. The van der Waals surface area contributed by atoms with Crippen molar-refractivity contribution >= 4 is 21.4 Å². The number of aryl methyl sites for hydroxylation is 1. The topological polar surface area (TPSA) is 67.3 Å². The molecule has 3 rings (SSSR count). The molecule has 0 fully saturated rings. The van der Waals surface area contributed by atoms with Gasteiger partial charge in [-0.15, -0.1) is 0 Å². The lowest BCUT2D eigenvalue weighted by molar-refractivity contribution is -0.137. The number of amides is 1. The number of alkyl halides is 3. The van der Waals surface area contributed by atoms with Gasteiger partial charge in [-0.05, 0) is 42.3 Å². The second-order valence-corrected chi connectivity index (χ2v) is 9.10. The first-order valence-electron chi connectivity index (χ1n) is 9.10. The van der Waals surface area contributed by atoms with Crippen LogP contribution in [-0.4, -0.2) is 32.6 Å². The normalized spacial score (nSPS) is 11.9. The highest BCUT2D eigenvalue weighted by Crippen LogP contribution is 2.34. The Morgan fingerprint density at radius 1 is 1.03 bits per heavy atom. The number of hydrogen-bond donors (Lipinski definition) is 0. The van der Waals surface area contributed by atoms with Crippen molar-refractivity contribution in [3.8, 4) is 11.1 Å². The monoisotopic (exact) mass is 448 g/mol. The van der Waals surface area contributed by atoms with E-state index in [1.165, 1.54) is 13.2 Å². The number of rotatable bonds is 4. The molecule has 0 bridgehead atoms. The van der Waals surface area contributed by atoms with Crippen LogP contribution in [0.5, 0.6) is 0 Å². The Kier molecular flexibility index (Phi) is 5.91. The first kappa shape index (κ1) is 22.5. The van der Waals surface area contributed by atoms with Crippen LogP contribution in [0.2, 0.25) is 0 Å². The van der Waals surface area contributed by atoms with Crippen LogP contribution in [0.1, 0.15) is 21.5 Å². The Bertz CT molecular complexity index is 1250. The van der Waals surface area contributed by atoms with Gasteiger partial charge < -0.3 is 4.90 Å². The summed E-state index contributed by atoms with van der Waals surface area (Å²) >= 11 is 0. The first-order chi connectivity index (χ1) is 14.4. The van der Waals surface area contributed by atoms with Crippen LogP contribution in [0, 0.1) is 6.92 Å². The molecular formula is C22H19F3N2O3S. The van der Waals surface area contributed by atoms with Gasteiger partial charge in [-0.3, -0.25) is 9.78 Å². The predicted octanol–water partition coefficient (Wildman–Crippen LogP) is 4.76. The van der Waals surface area contributed by atoms with Crippen LogP contribution in [-0.2, 0) is 16.0 Å². The minimum atomic E-state index is -4.81. The van der Waals surface area contributed by atoms with E-state index in [-0.39, 0.29) is 0 Å². The Balaban J connectivity index is 2.13. The molecule has 0 unspecified atom stereocenters. The molecular weight excluding hydrogens is 429 g/mol. The maximum atomic E-state index is 13.3. The van der Waals surface area contributed by atoms with Gasteiger partial charge in [0.1, 0.15) is 0 Å². The average molecular weight is 448 g/mol. The van der Waals surface area contributed by atoms with Gasteiger partial charge in [0, 0.05) is 30.6 Å². The van der Waals surface area contributed by atoms with E-state index < -0.39 is 37.9 Å². The van der Waals surface area contributed by atoms with E-state index in [1.54, 1.807) is 12.3 Å². The highest BCUT2D eigenvalue weighted by atomic mass is 32.2. The SMILES string of the molecule is Cc1ccccc1-c1ccncc1N(C)C(=O)c1cc(C(F)(F)F)cc(S(C)(=O)=O)c1. The number of pyridine rings is 1. The molecule has 9 heteroatoms. The predicted molar refractivity (Wildman–Crippen MR) is 112 cm³/mol. The van der Waals surface area contributed by atoms with Gasteiger partial charge >= 0.3 is 6.18 Å². The summed E-state index contributed by atoms with van der Waals surface area (Å²) in [5, 5.41) is 0. The summed E-state index contributed by atoms with van der Waals surface area (Å²) in [7, 11) is -2.57. The number of carbonyl (C=O) groups is 1. The summed E-state index contributed by atoms with van der Waals surface area (Å²) in [4.78, 5) is 17.7. The van der Waals surface area contributed by atoms with Crippen LogP contribution in [0.25, 0.3) is 11.1 Å². The minimum absolute atomic E-state index is 0.375. The second kappa shape index (κ2) is 8.14. The molecule has 31 heavy (non-hydrogen) atoms. The molecule has 0 N–H and O–H groups in total. The Labute approximate surface area is 178 Å². The molecule has 1 heterocycles. The number of anilines is 1. The van der Waals surface area contributed by atoms with E-state index in [1.807, 2.05) is 31.2 Å². The molecule has 0 aliphatic carbocycles. The molecule has 0 saturated heterocycles. The fourth-order valence-corrected chi connectivity index (χ4v) is 3.84. The highest BCUT2D eigenvalue weighted by Gasteiger charge is 2.33. The molecule has 1 aromatic heterocycles. The molecule has 5 nitrogen and oxygen atoms in total. The molecule has 162 valence electrons. The van der Waals surface area contributed by atoms with Crippen molar-refractivity contribution < 1.29 is 26.4 Å². The van der Waals surface area contributed by atoms with Crippen LogP contribution in [0.15, 0.2) is 65.8 Å². The van der Waals surface area contributed by atoms with E-state index in [0.717, 1.165) is 28.3 Å². The number of sulfone groups is 1. The summed E-state index contributed by atoms with van der Waals surface area (Å²) in [6.45, 7) is 1.90. The molecule has 0 aliphatic heterocycles. The van der Waals surface area contributed by atoms with Crippen molar-refractivity contribution in [1.82, 2.24) is 4.98 Å². The number of carbonyl (C=O) groups excluding carboxylic acids is 1. The molecule has 0 saturated carbocycles. The lowest BCUT2D eigenvalue weighted by Crippen LogP contribution is -2.27. The summed E-state index contributed by atoms with van der Waals surface area (Å²) < 4.78 is 63.8. The summed E-state index contributed by atoms with van der Waals surface area (Å²) in [6.07, 6.45) is -1.03. The molecule has 1 amide bonds. The standard InChI is InChI=1S/C22H19F3N2O3S/c1-14-6-4-5-7-18(14)19-8-9-26-13-20(19)27(2)21(28)15-10-16(22(23,24)25)12-17(11-15)31(3,29)30/h4-13H,1-3H3. The largest absolute Gasteiger partial charge is 0.416 e. The molecule has 3 aromatic rings. The summed E-state index contributed by atoms with van der Waals surface area (Å²) in [5.74, 6) is -0.793. The van der Waals surface area contributed by atoms with E-state index >= 15 is 0 Å². The molecule has 0 aliphatic rings. The number of benzene rings is 2. The first-order valence-corrected chi connectivity index (χ1v) is 11.0. The zero-order chi connectivity index (χ0) is 23.0. The van der Waals surface area contributed by atoms with E-state index in [9.17, 15) is 26.4 Å². The van der Waals surface area contributed by atoms with Crippen LogP contribution in [0.3, 0.4) is 0 Å². The smallest absolute Gasteiger partial charge is 0.309 e. The van der Waals surface area contributed by atoms with Crippen molar-refractivity contribution in [2.45, 2.75) is 18.0 Å². The highest BCUT2D eigenvalue weighted by molar-refractivity contribution is 7.90. The minimum Gasteiger partial charge on any atom is -0.309 e. The van der Waals surface area contributed by atoms with Gasteiger partial charge in [-0.1, -0.05) is 24.3 Å². The number of halogens is 3. The van der Waals surface area contributed by atoms with E-state index in [4.69, 9.17) is 0 Å². The Morgan fingerprint density at radius 2 is 1.71 bits per heavy atom. The third kappa shape index (κ3) is 4.77. The zero-order valence-corrected chi connectivity index (χ0v) is 17.8.